The molecule has 72 valence electrons. The van der Waals surface area contributed by atoms with Gasteiger partial charge in [-0.3, -0.25) is 0 Å². The first-order chi connectivity index (χ1) is 6.18. The smallest absolute Gasteiger partial charge is 0.0946 e. The van der Waals surface area contributed by atoms with Crippen molar-refractivity contribution in [1.82, 2.24) is 9.55 Å². The van der Waals surface area contributed by atoms with E-state index in [4.69, 9.17) is 5.73 Å². The summed E-state index contributed by atoms with van der Waals surface area (Å²) in [7, 11) is 2.01. The maximum Gasteiger partial charge on any atom is 0.0946 e. The van der Waals surface area contributed by atoms with Gasteiger partial charge in [0, 0.05) is 7.05 Å². The lowest BCUT2D eigenvalue weighted by Crippen LogP contribution is -2.24. The summed E-state index contributed by atoms with van der Waals surface area (Å²) in [5.41, 5.74) is 7.40. The molecule has 0 radical (unpaired) electrons. The van der Waals surface area contributed by atoms with E-state index in [-0.39, 0.29) is 5.54 Å². The van der Waals surface area contributed by atoms with Gasteiger partial charge in [-0.1, -0.05) is 13.3 Å². The number of aromatic nitrogens is 2. The minimum atomic E-state index is -0.0682. The Morgan fingerprint density at radius 1 is 1.77 bits per heavy atom. The van der Waals surface area contributed by atoms with Crippen LogP contribution in [0.25, 0.3) is 0 Å². The van der Waals surface area contributed by atoms with E-state index in [1.54, 1.807) is 0 Å². The van der Waals surface area contributed by atoms with Gasteiger partial charge >= 0.3 is 0 Å². The summed E-state index contributed by atoms with van der Waals surface area (Å²) in [6, 6.07) is 0. The fourth-order valence-electron chi connectivity index (χ4n) is 2.18. The highest BCUT2D eigenvalue weighted by atomic mass is 15.1. The highest BCUT2D eigenvalue weighted by Crippen LogP contribution is 2.51. The van der Waals surface area contributed by atoms with Gasteiger partial charge in [-0.2, -0.15) is 0 Å². The molecule has 2 N–H and O–H groups in total. The molecule has 1 aromatic rings. The van der Waals surface area contributed by atoms with E-state index >= 15 is 0 Å². The molecule has 13 heavy (non-hydrogen) atoms. The zero-order valence-electron chi connectivity index (χ0n) is 8.33. The summed E-state index contributed by atoms with van der Waals surface area (Å²) in [6.07, 6.45) is 7.31. The number of nitrogens with two attached hydrogens (primary N) is 1. The normalized spacial score (nSPS) is 32.1. The Kier molecular flexibility index (Phi) is 1.91. The summed E-state index contributed by atoms with van der Waals surface area (Å²) in [5, 5.41) is 0. The predicted octanol–water partition coefficient (Wildman–Crippen LogP) is 1.39. The van der Waals surface area contributed by atoms with Crippen molar-refractivity contribution < 1.29 is 0 Å². The summed E-state index contributed by atoms with van der Waals surface area (Å²) >= 11 is 0. The summed E-state index contributed by atoms with van der Waals surface area (Å²) < 4.78 is 2.04. The lowest BCUT2D eigenvalue weighted by Gasteiger charge is -2.11. The minimum Gasteiger partial charge on any atom is -0.336 e. The Labute approximate surface area is 79.0 Å². The first-order valence-electron chi connectivity index (χ1n) is 4.94. The van der Waals surface area contributed by atoms with Gasteiger partial charge in [-0.15, -0.1) is 0 Å². The molecule has 2 rings (SSSR count). The standard InChI is InChI=1S/C10H17N3/c1-3-4-8-5-10(8,11)9-6-12-7-13(9)2/h6-8H,3-5,11H2,1-2H3. The quantitative estimate of drug-likeness (QED) is 0.762. The van der Waals surface area contributed by atoms with Gasteiger partial charge in [0.15, 0.2) is 0 Å². The Balaban J connectivity index is 2.15. The molecule has 1 heterocycles. The molecular formula is C10H17N3. The van der Waals surface area contributed by atoms with Gasteiger partial charge in [0.1, 0.15) is 0 Å². The lowest BCUT2D eigenvalue weighted by atomic mass is 10.1. The van der Waals surface area contributed by atoms with Crippen molar-refractivity contribution in [3.8, 4) is 0 Å². The predicted molar refractivity (Wildman–Crippen MR) is 52.1 cm³/mol. The second-order valence-corrected chi connectivity index (χ2v) is 4.12. The van der Waals surface area contributed by atoms with Gasteiger partial charge < -0.3 is 10.3 Å². The molecule has 0 aliphatic heterocycles. The first kappa shape index (κ1) is 8.75. The molecule has 3 heteroatoms. The van der Waals surface area contributed by atoms with Crippen LogP contribution in [-0.4, -0.2) is 9.55 Å². The van der Waals surface area contributed by atoms with Crippen molar-refractivity contribution in [2.75, 3.05) is 0 Å². The van der Waals surface area contributed by atoms with Gasteiger partial charge in [0.2, 0.25) is 0 Å². The molecule has 1 aliphatic rings. The number of aryl methyl sites for hydroxylation is 1. The van der Waals surface area contributed by atoms with E-state index in [1.807, 2.05) is 24.1 Å². The van der Waals surface area contributed by atoms with Crippen LogP contribution < -0.4 is 5.73 Å². The molecule has 0 bridgehead atoms. The molecule has 0 aromatic carbocycles. The van der Waals surface area contributed by atoms with Crippen LogP contribution in [0.15, 0.2) is 12.5 Å². The van der Waals surface area contributed by atoms with E-state index in [9.17, 15) is 0 Å². The molecule has 2 atom stereocenters. The van der Waals surface area contributed by atoms with Crippen LogP contribution in [0.2, 0.25) is 0 Å². The van der Waals surface area contributed by atoms with Gasteiger partial charge in [0.25, 0.3) is 0 Å². The molecule has 1 saturated carbocycles. The maximum atomic E-state index is 6.28. The van der Waals surface area contributed by atoms with Crippen molar-refractivity contribution in [1.29, 1.82) is 0 Å². The first-order valence-corrected chi connectivity index (χ1v) is 4.94. The van der Waals surface area contributed by atoms with Crippen LogP contribution in [0.5, 0.6) is 0 Å². The van der Waals surface area contributed by atoms with Crippen LogP contribution in [0, 0.1) is 5.92 Å². The molecule has 3 nitrogen and oxygen atoms in total. The Hall–Kier alpha value is -0.830. The van der Waals surface area contributed by atoms with Crippen LogP contribution in [0.4, 0.5) is 0 Å². The summed E-state index contributed by atoms with van der Waals surface area (Å²) in [5.74, 6) is 0.674. The van der Waals surface area contributed by atoms with E-state index in [0.29, 0.717) is 5.92 Å². The van der Waals surface area contributed by atoms with Crippen molar-refractivity contribution in [3.63, 3.8) is 0 Å². The molecule has 0 saturated heterocycles. The second-order valence-electron chi connectivity index (χ2n) is 4.12. The van der Waals surface area contributed by atoms with Gasteiger partial charge in [0.05, 0.1) is 23.8 Å². The van der Waals surface area contributed by atoms with E-state index in [0.717, 1.165) is 6.42 Å². The highest BCUT2D eigenvalue weighted by Gasteiger charge is 2.52. The monoisotopic (exact) mass is 179 g/mol. The van der Waals surface area contributed by atoms with Crippen molar-refractivity contribution in [2.45, 2.75) is 31.7 Å². The average Bonchev–Trinajstić information content (AvgIpc) is 2.56. The van der Waals surface area contributed by atoms with E-state index in [1.165, 1.54) is 18.5 Å². The fraction of sp³-hybridized carbons (Fsp3) is 0.700. The Morgan fingerprint density at radius 3 is 3.08 bits per heavy atom. The Bertz CT molecular complexity index is 305. The van der Waals surface area contributed by atoms with Crippen molar-refractivity contribution >= 4 is 0 Å². The SMILES string of the molecule is CCCC1CC1(N)c1cncn1C. The Morgan fingerprint density at radius 2 is 2.54 bits per heavy atom. The van der Waals surface area contributed by atoms with Gasteiger partial charge in [-0.25, -0.2) is 4.98 Å². The number of nitrogens with zero attached hydrogens (tertiary/aromatic N) is 2. The summed E-state index contributed by atoms with van der Waals surface area (Å²) in [4.78, 5) is 4.11. The third kappa shape index (κ3) is 1.27. The molecule has 1 aromatic heterocycles. The van der Waals surface area contributed by atoms with Crippen LogP contribution in [0.1, 0.15) is 31.9 Å². The maximum absolute atomic E-state index is 6.28. The van der Waals surface area contributed by atoms with Crippen molar-refractivity contribution in [2.24, 2.45) is 18.7 Å². The minimum absolute atomic E-state index is 0.0682. The van der Waals surface area contributed by atoms with E-state index < -0.39 is 0 Å². The molecule has 1 aliphatic carbocycles. The fourth-order valence-corrected chi connectivity index (χ4v) is 2.18. The number of hydrogen-bond acceptors (Lipinski definition) is 2. The molecule has 0 amide bonds. The van der Waals surface area contributed by atoms with Gasteiger partial charge in [-0.05, 0) is 18.8 Å². The van der Waals surface area contributed by atoms with Crippen LogP contribution in [-0.2, 0) is 12.6 Å². The van der Waals surface area contributed by atoms with Crippen LogP contribution >= 0.6 is 0 Å². The van der Waals surface area contributed by atoms with Crippen LogP contribution in [0.3, 0.4) is 0 Å². The number of rotatable bonds is 3. The zero-order chi connectivity index (χ0) is 9.47. The molecular weight excluding hydrogens is 162 g/mol. The lowest BCUT2D eigenvalue weighted by molar-refractivity contribution is 0.553. The average molecular weight is 179 g/mol. The second kappa shape index (κ2) is 2.84. The summed E-state index contributed by atoms with van der Waals surface area (Å²) in [6.45, 7) is 2.21. The molecule has 0 spiro atoms. The number of imidazole rings is 1. The molecule has 2 unspecified atom stereocenters. The largest absolute Gasteiger partial charge is 0.336 e. The number of hydrogen-bond donors (Lipinski definition) is 1. The third-order valence-electron chi connectivity index (χ3n) is 3.08. The topological polar surface area (TPSA) is 43.8 Å². The third-order valence-corrected chi connectivity index (χ3v) is 3.08. The zero-order valence-corrected chi connectivity index (χ0v) is 8.33. The highest BCUT2D eigenvalue weighted by molar-refractivity contribution is 5.24. The van der Waals surface area contributed by atoms with Crippen molar-refractivity contribution in [3.05, 3.63) is 18.2 Å². The molecule has 1 fully saturated rings. The van der Waals surface area contributed by atoms with E-state index in [2.05, 4.69) is 11.9 Å².